The van der Waals surface area contributed by atoms with Crippen LogP contribution in [-0.2, 0) is 7.05 Å². The third-order valence-electron chi connectivity index (χ3n) is 2.00. The molecule has 0 aliphatic rings. The van der Waals surface area contributed by atoms with Gasteiger partial charge in [0, 0.05) is 7.05 Å². The van der Waals surface area contributed by atoms with Crippen LogP contribution in [0, 0.1) is 6.92 Å². The molecule has 2 rings (SSSR count). The first-order valence-electron chi connectivity index (χ1n) is 4.48. The van der Waals surface area contributed by atoms with Crippen molar-refractivity contribution in [3.05, 3.63) is 42.2 Å². The summed E-state index contributed by atoms with van der Waals surface area (Å²) >= 11 is 0. The highest BCUT2D eigenvalue weighted by molar-refractivity contribution is 5.35. The molecule has 0 aliphatic carbocycles. The predicted octanol–water partition coefficient (Wildman–Crippen LogP) is 2.52. The fourth-order valence-electron chi connectivity index (χ4n) is 1.25. The van der Waals surface area contributed by atoms with Crippen molar-refractivity contribution < 1.29 is 4.74 Å². The van der Waals surface area contributed by atoms with Crippen LogP contribution in [0.2, 0.25) is 0 Å². The molecule has 14 heavy (non-hydrogen) atoms. The summed E-state index contributed by atoms with van der Waals surface area (Å²) in [5.74, 6) is 1.64. The van der Waals surface area contributed by atoms with Gasteiger partial charge >= 0.3 is 0 Å². The van der Waals surface area contributed by atoms with Gasteiger partial charge in [0.1, 0.15) is 5.75 Å². The van der Waals surface area contributed by atoms with Crippen LogP contribution in [-0.4, -0.2) is 9.78 Å². The van der Waals surface area contributed by atoms with E-state index in [1.807, 2.05) is 44.4 Å². The van der Waals surface area contributed by atoms with Crippen LogP contribution in [0.25, 0.3) is 0 Å². The van der Waals surface area contributed by atoms with Gasteiger partial charge < -0.3 is 4.74 Å². The SMILES string of the molecule is Cc1ccccc1Oc1cnn(C)c1. The minimum Gasteiger partial charge on any atom is -0.454 e. The highest BCUT2D eigenvalue weighted by Crippen LogP contribution is 2.23. The van der Waals surface area contributed by atoms with Crippen molar-refractivity contribution in [1.29, 1.82) is 0 Å². The van der Waals surface area contributed by atoms with Crippen molar-refractivity contribution in [3.8, 4) is 11.5 Å². The molecule has 0 amide bonds. The Labute approximate surface area is 82.9 Å². The van der Waals surface area contributed by atoms with Crippen LogP contribution < -0.4 is 4.74 Å². The minimum absolute atomic E-state index is 0.766. The lowest BCUT2D eigenvalue weighted by atomic mass is 10.2. The zero-order valence-corrected chi connectivity index (χ0v) is 8.27. The van der Waals surface area contributed by atoms with Crippen molar-refractivity contribution >= 4 is 0 Å². The van der Waals surface area contributed by atoms with Gasteiger partial charge in [-0.15, -0.1) is 0 Å². The van der Waals surface area contributed by atoms with E-state index in [1.165, 1.54) is 0 Å². The van der Waals surface area contributed by atoms with E-state index in [4.69, 9.17) is 4.74 Å². The summed E-state index contributed by atoms with van der Waals surface area (Å²) in [5, 5.41) is 4.03. The minimum atomic E-state index is 0.766. The molecule has 1 aromatic heterocycles. The molecular weight excluding hydrogens is 176 g/mol. The topological polar surface area (TPSA) is 27.1 Å². The number of benzene rings is 1. The first-order valence-corrected chi connectivity index (χ1v) is 4.48. The number of hydrogen-bond acceptors (Lipinski definition) is 2. The number of aryl methyl sites for hydroxylation is 2. The Hall–Kier alpha value is -1.77. The van der Waals surface area contributed by atoms with Crippen LogP contribution in [0.3, 0.4) is 0 Å². The number of aromatic nitrogens is 2. The summed E-state index contributed by atoms with van der Waals surface area (Å²) in [6, 6.07) is 7.91. The lowest BCUT2D eigenvalue weighted by Gasteiger charge is -2.04. The number of hydrogen-bond donors (Lipinski definition) is 0. The Morgan fingerprint density at radius 1 is 1.29 bits per heavy atom. The van der Waals surface area contributed by atoms with Gasteiger partial charge in [-0.1, -0.05) is 18.2 Å². The Balaban J connectivity index is 2.23. The fraction of sp³-hybridized carbons (Fsp3) is 0.182. The van der Waals surface area contributed by atoms with Crippen LogP contribution in [0.5, 0.6) is 11.5 Å². The van der Waals surface area contributed by atoms with E-state index in [0.717, 1.165) is 17.1 Å². The maximum absolute atomic E-state index is 5.65. The number of ether oxygens (including phenoxy) is 1. The molecule has 0 atom stereocenters. The largest absolute Gasteiger partial charge is 0.454 e. The average Bonchev–Trinajstić information content (AvgIpc) is 2.56. The molecule has 0 N–H and O–H groups in total. The van der Waals surface area contributed by atoms with Gasteiger partial charge in [-0.3, -0.25) is 4.68 Å². The molecule has 0 saturated heterocycles. The zero-order chi connectivity index (χ0) is 9.97. The van der Waals surface area contributed by atoms with Crippen LogP contribution in [0.15, 0.2) is 36.7 Å². The highest BCUT2D eigenvalue weighted by Gasteiger charge is 2.01. The summed E-state index contributed by atoms with van der Waals surface area (Å²) in [4.78, 5) is 0. The van der Waals surface area contributed by atoms with Crippen LogP contribution in [0.1, 0.15) is 5.56 Å². The second-order valence-electron chi connectivity index (χ2n) is 3.22. The molecule has 1 heterocycles. The zero-order valence-electron chi connectivity index (χ0n) is 8.27. The summed E-state index contributed by atoms with van der Waals surface area (Å²) in [6.07, 6.45) is 3.54. The second-order valence-corrected chi connectivity index (χ2v) is 3.22. The van der Waals surface area contributed by atoms with E-state index in [9.17, 15) is 0 Å². The van der Waals surface area contributed by atoms with Crippen molar-refractivity contribution in [2.24, 2.45) is 7.05 Å². The van der Waals surface area contributed by atoms with Crippen molar-refractivity contribution in [3.63, 3.8) is 0 Å². The third kappa shape index (κ3) is 1.76. The number of rotatable bonds is 2. The fourth-order valence-corrected chi connectivity index (χ4v) is 1.25. The van der Waals surface area contributed by atoms with E-state index in [2.05, 4.69) is 5.10 Å². The van der Waals surface area contributed by atoms with E-state index >= 15 is 0 Å². The molecule has 0 radical (unpaired) electrons. The van der Waals surface area contributed by atoms with Gasteiger partial charge in [0.15, 0.2) is 5.75 Å². The average molecular weight is 188 g/mol. The Bertz CT molecular complexity index is 434. The molecule has 1 aromatic carbocycles. The molecule has 3 nitrogen and oxygen atoms in total. The van der Waals surface area contributed by atoms with Crippen LogP contribution in [0.4, 0.5) is 0 Å². The molecular formula is C11H12N2O. The summed E-state index contributed by atoms with van der Waals surface area (Å²) in [5.41, 5.74) is 1.12. The third-order valence-corrected chi connectivity index (χ3v) is 2.00. The lowest BCUT2D eigenvalue weighted by molar-refractivity contribution is 0.478. The molecule has 3 heteroatoms. The molecule has 0 fully saturated rings. The summed E-state index contributed by atoms with van der Waals surface area (Å²) < 4.78 is 7.36. The molecule has 0 aliphatic heterocycles. The maximum Gasteiger partial charge on any atom is 0.165 e. The summed E-state index contributed by atoms with van der Waals surface area (Å²) in [7, 11) is 1.87. The molecule has 0 bridgehead atoms. The maximum atomic E-state index is 5.65. The Morgan fingerprint density at radius 2 is 2.07 bits per heavy atom. The highest BCUT2D eigenvalue weighted by atomic mass is 16.5. The van der Waals surface area contributed by atoms with Gasteiger partial charge in [0.05, 0.1) is 12.4 Å². The molecule has 72 valence electrons. The van der Waals surface area contributed by atoms with Crippen molar-refractivity contribution in [1.82, 2.24) is 9.78 Å². The van der Waals surface area contributed by atoms with Crippen LogP contribution >= 0.6 is 0 Å². The number of nitrogens with zero attached hydrogens (tertiary/aromatic N) is 2. The van der Waals surface area contributed by atoms with E-state index in [0.29, 0.717) is 0 Å². The van der Waals surface area contributed by atoms with E-state index < -0.39 is 0 Å². The standard InChI is InChI=1S/C11H12N2O/c1-9-5-3-4-6-11(9)14-10-7-12-13(2)8-10/h3-8H,1-2H3. The lowest BCUT2D eigenvalue weighted by Crippen LogP contribution is -1.86. The van der Waals surface area contributed by atoms with Gasteiger partial charge in [0.25, 0.3) is 0 Å². The Kier molecular flexibility index (Phi) is 2.23. The normalized spacial score (nSPS) is 10.1. The smallest absolute Gasteiger partial charge is 0.165 e. The molecule has 0 unspecified atom stereocenters. The van der Waals surface area contributed by atoms with Gasteiger partial charge in [0.2, 0.25) is 0 Å². The van der Waals surface area contributed by atoms with Crippen molar-refractivity contribution in [2.75, 3.05) is 0 Å². The second kappa shape index (κ2) is 3.54. The van der Waals surface area contributed by atoms with Crippen molar-refractivity contribution in [2.45, 2.75) is 6.92 Å². The van der Waals surface area contributed by atoms with E-state index in [1.54, 1.807) is 10.9 Å². The summed E-state index contributed by atoms with van der Waals surface area (Å²) in [6.45, 7) is 2.02. The van der Waals surface area contributed by atoms with E-state index in [-0.39, 0.29) is 0 Å². The predicted molar refractivity (Wildman–Crippen MR) is 54.5 cm³/mol. The molecule has 2 aromatic rings. The first kappa shape index (κ1) is 8.81. The van der Waals surface area contributed by atoms with Gasteiger partial charge in [-0.25, -0.2) is 0 Å². The van der Waals surface area contributed by atoms with Gasteiger partial charge in [-0.2, -0.15) is 5.10 Å². The number of para-hydroxylation sites is 1. The molecule has 0 saturated carbocycles. The van der Waals surface area contributed by atoms with Gasteiger partial charge in [-0.05, 0) is 18.6 Å². The Morgan fingerprint density at radius 3 is 2.71 bits per heavy atom. The monoisotopic (exact) mass is 188 g/mol. The quantitative estimate of drug-likeness (QED) is 0.724. The first-order chi connectivity index (χ1) is 6.75. The molecule has 0 spiro atoms.